The molecular weight excluding hydrogens is 182 g/mol. The van der Waals surface area contributed by atoms with Gasteiger partial charge in [0.15, 0.2) is 5.58 Å². The van der Waals surface area contributed by atoms with Crippen molar-refractivity contribution in [2.45, 2.75) is 6.42 Å². The van der Waals surface area contributed by atoms with Crippen LogP contribution in [0.3, 0.4) is 0 Å². The normalized spacial score (nSPS) is 10.6. The maximum Gasteiger partial charge on any atom is 0.419 e. The third-order valence-electron chi connectivity index (χ3n) is 2.18. The van der Waals surface area contributed by atoms with Crippen molar-refractivity contribution < 1.29 is 9.21 Å². The first kappa shape index (κ1) is 8.74. The second-order valence-corrected chi connectivity index (χ2v) is 3.10. The Hall–Kier alpha value is -1.84. The Labute approximate surface area is 79.8 Å². The number of carbonyl (C=O) groups excluding carboxylic acids is 1. The molecular formula is C10H9NO3. The molecule has 0 fully saturated rings. The smallest absolute Gasteiger partial charge is 0.408 e. The molecule has 0 aliphatic rings. The van der Waals surface area contributed by atoms with Gasteiger partial charge in [0.25, 0.3) is 0 Å². The number of benzene rings is 1. The summed E-state index contributed by atoms with van der Waals surface area (Å²) in [7, 11) is 1.65. The number of aldehydes is 1. The van der Waals surface area contributed by atoms with E-state index in [4.69, 9.17) is 4.42 Å². The van der Waals surface area contributed by atoms with Crippen molar-refractivity contribution in [2.75, 3.05) is 0 Å². The van der Waals surface area contributed by atoms with Gasteiger partial charge in [-0.3, -0.25) is 4.57 Å². The minimum atomic E-state index is -0.386. The van der Waals surface area contributed by atoms with Crippen molar-refractivity contribution >= 4 is 17.4 Å². The molecule has 0 amide bonds. The van der Waals surface area contributed by atoms with Crippen LogP contribution in [0.15, 0.2) is 27.4 Å². The Morgan fingerprint density at radius 1 is 1.50 bits per heavy atom. The van der Waals surface area contributed by atoms with Gasteiger partial charge in [-0.15, -0.1) is 0 Å². The van der Waals surface area contributed by atoms with E-state index >= 15 is 0 Å². The number of hydrogen-bond donors (Lipinski definition) is 0. The standard InChI is InChI=1S/C10H9NO3/c1-11-8-3-2-7(4-5-12)6-9(8)14-10(11)13/h2-3,5-6H,4H2,1H3. The van der Waals surface area contributed by atoms with Crippen molar-refractivity contribution in [3.8, 4) is 0 Å². The summed E-state index contributed by atoms with van der Waals surface area (Å²) in [5, 5.41) is 0. The third-order valence-corrected chi connectivity index (χ3v) is 2.18. The fourth-order valence-corrected chi connectivity index (χ4v) is 1.40. The van der Waals surface area contributed by atoms with Crippen LogP contribution in [-0.2, 0) is 18.3 Å². The van der Waals surface area contributed by atoms with Crippen molar-refractivity contribution in [3.05, 3.63) is 34.3 Å². The Morgan fingerprint density at radius 2 is 2.29 bits per heavy atom. The lowest BCUT2D eigenvalue weighted by Gasteiger charge is -1.94. The van der Waals surface area contributed by atoms with E-state index < -0.39 is 0 Å². The molecule has 2 aromatic rings. The number of carbonyl (C=O) groups is 1. The van der Waals surface area contributed by atoms with E-state index in [9.17, 15) is 9.59 Å². The Balaban J connectivity index is 2.67. The van der Waals surface area contributed by atoms with Crippen LogP contribution in [0.2, 0.25) is 0 Å². The molecule has 14 heavy (non-hydrogen) atoms. The molecule has 0 N–H and O–H groups in total. The van der Waals surface area contributed by atoms with Crippen LogP contribution in [0, 0.1) is 0 Å². The number of aryl methyl sites for hydroxylation is 1. The molecule has 0 unspecified atom stereocenters. The van der Waals surface area contributed by atoms with Crippen molar-refractivity contribution in [3.63, 3.8) is 0 Å². The van der Waals surface area contributed by atoms with E-state index in [0.29, 0.717) is 12.0 Å². The highest BCUT2D eigenvalue weighted by atomic mass is 16.4. The number of aromatic nitrogens is 1. The molecule has 0 aliphatic heterocycles. The minimum absolute atomic E-state index is 0.342. The number of fused-ring (bicyclic) bond motifs is 1. The van der Waals surface area contributed by atoms with Gasteiger partial charge in [0.2, 0.25) is 0 Å². The van der Waals surface area contributed by atoms with Gasteiger partial charge in [0.05, 0.1) is 5.52 Å². The van der Waals surface area contributed by atoms with Crippen LogP contribution in [0.4, 0.5) is 0 Å². The average Bonchev–Trinajstić information content (AvgIpc) is 2.43. The van der Waals surface area contributed by atoms with Crippen LogP contribution in [0.1, 0.15) is 5.56 Å². The second-order valence-electron chi connectivity index (χ2n) is 3.10. The lowest BCUT2D eigenvalue weighted by molar-refractivity contribution is -0.107. The Bertz CT molecular complexity index is 536. The van der Waals surface area contributed by atoms with Gasteiger partial charge in [-0.05, 0) is 17.7 Å². The first-order valence-corrected chi connectivity index (χ1v) is 4.24. The van der Waals surface area contributed by atoms with E-state index in [1.54, 1.807) is 19.2 Å². The first-order chi connectivity index (χ1) is 6.72. The summed E-state index contributed by atoms with van der Waals surface area (Å²) < 4.78 is 6.41. The fourth-order valence-electron chi connectivity index (χ4n) is 1.40. The van der Waals surface area contributed by atoms with Crippen LogP contribution < -0.4 is 5.76 Å². The van der Waals surface area contributed by atoms with Crippen LogP contribution in [0.5, 0.6) is 0 Å². The molecule has 0 saturated carbocycles. The zero-order valence-electron chi connectivity index (χ0n) is 7.69. The monoisotopic (exact) mass is 191 g/mol. The molecule has 0 bridgehead atoms. The highest BCUT2D eigenvalue weighted by Gasteiger charge is 2.05. The SMILES string of the molecule is Cn1c(=O)oc2cc(CC=O)ccc21. The molecule has 0 aliphatic carbocycles. The van der Waals surface area contributed by atoms with E-state index in [0.717, 1.165) is 17.4 Å². The topological polar surface area (TPSA) is 52.2 Å². The van der Waals surface area contributed by atoms with Gasteiger partial charge in [0.1, 0.15) is 6.29 Å². The van der Waals surface area contributed by atoms with Gasteiger partial charge in [-0.25, -0.2) is 4.79 Å². The zero-order valence-corrected chi connectivity index (χ0v) is 7.69. The summed E-state index contributed by atoms with van der Waals surface area (Å²) in [5.41, 5.74) is 2.11. The molecule has 4 heteroatoms. The molecule has 4 nitrogen and oxygen atoms in total. The number of nitrogens with zero attached hydrogens (tertiary/aromatic N) is 1. The lowest BCUT2D eigenvalue weighted by Crippen LogP contribution is -2.08. The molecule has 1 aromatic carbocycles. The van der Waals surface area contributed by atoms with E-state index in [1.807, 2.05) is 6.07 Å². The fraction of sp³-hybridized carbons (Fsp3) is 0.200. The lowest BCUT2D eigenvalue weighted by atomic mass is 10.1. The minimum Gasteiger partial charge on any atom is -0.408 e. The van der Waals surface area contributed by atoms with E-state index in [2.05, 4.69) is 0 Å². The summed E-state index contributed by atoms with van der Waals surface area (Å²) in [6, 6.07) is 5.30. The Morgan fingerprint density at radius 3 is 3.00 bits per heavy atom. The molecule has 72 valence electrons. The van der Waals surface area contributed by atoms with Gasteiger partial charge >= 0.3 is 5.76 Å². The molecule has 1 heterocycles. The predicted octanol–water partition coefficient (Wildman–Crippen LogP) is 0.873. The highest BCUT2D eigenvalue weighted by molar-refractivity contribution is 5.74. The van der Waals surface area contributed by atoms with Crippen LogP contribution >= 0.6 is 0 Å². The van der Waals surface area contributed by atoms with Crippen LogP contribution in [-0.4, -0.2) is 10.9 Å². The average molecular weight is 191 g/mol. The summed E-state index contributed by atoms with van der Waals surface area (Å²) in [6.45, 7) is 0. The van der Waals surface area contributed by atoms with E-state index in [1.165, 1.54) is 4.57 Å². The van der Waals surface area contributed by atoms with Crippen molar-refractivity contribution in [2.24, 2.45) is 7.05 Å². The zero-order chi connectivity index (χ0) is 10.1. The Kier molecular flexibility index (Phi) is 1.96. The summed E-state index contributed by atoms with van der Waals surface area (Å²) in [5.74, 6) is -0.386. The second kappa shape index (κ2) is 3.14. The highest BCUT2D eigenvalue weighted by Crippen LogP contribution is 2.13. The van der Waals surface area contributed by atoms with Crippen molar-refractivity contribution in [1.82, 2.24) is 4.57 Å². The largest absolute Gasteiger partial charge is 0.419 e. The molecule has 1 aromatic heterocycles. The van der Waals surface area contributed by atoms with Crippen LogP contribution in [0.25, 0.3) is 11.1 Å². The van der Waals surface area contributed by atoms with Gasteiger partial charge in [0, 0.05) is 13.5 Å². The van der Waals surface area contributed by atoms with Gasteiger partial charge < -0.3 is 9.21 Å². The maximum atomic E-state index is 11.1. The molecule has 2 rings (SSSR count). The van der Waals surface area contributed by atoms with Gasteiger partial charge in [-0.1, -0.05) is 6.07 Å². The molecule has 0 saturated heterocycles. The number of hydrogen-bond acceptors (Lipinski definition) is 3. The van der Waals surface area contributed by atoms with Gasteiger partial charge in [-0.2, -0.15) is 0 Å². The number of rotatable bonds is 2. The number of oxazole rings is 1. The van der Waals surface area contributed by atoms with Crippen molar-refractivity contribution in [1.29, 1.82) is 0 Å². The summed E-state index contributed by atoms with van der Waals surface area (Å²) in [6.07, 6.45) is 1.16. The molecule has 0 radical (unpaired) electrons. The molecule has 0 spiro atoms. The summed E-state index contributed by atoms with van der Waals surface area (Å²) in [4.78, 5) is 21.4. The summed E-state index contributed by atoms with van der Waals surface area (Å²) >= 11 is 0. The third kappa shape index (κ3) is 1.25. The van der Waals surface area contributed by atoms with E-state index in [-0.39, 0.29) is 5.76 Å². The quantitative estimate of drug-likeness (QED) is 0.662. The molecule has 0 atom stereocenters. The first-order valence-electron chi connectivity index (χ1n) is 4.24. The maximum absolute atomic E-state index is 11.1. The predicted molar refractivity (Wildman–Crippen MR) is 51.2 cm³/mol.